The van der Waals surface area contributed by atoms with Crippen LogP contribution in [-0.4, -0.2) is 18.2 Å². The molecule has 1 unspecified atom stereocenters. The van der Waals surface area contributed by atoms with Gasteiger partial charge in [0, 0.05) is 11.4 Å². The van der Waals surface area contributed by atoms with Crippen LogP contribution in [0.5, 0.6) is 5.75 Å². The standard InChI is InChI=1S/C14H17ClO3/c1-18-13-5-4-12(15)7-11(13)6-10(8-14(16)17)9-2-3-9/h4-5,7,9-10H,2-3,6,8H2,1H3,(H,16,17). The number of hydrogen-bond acceptors (Lipinski definition) is 2. The Balaban J connectivity index is 2.14. The summed E-state index contributed by atoms with van der Waals surface area (Å²) < 4.78 is 5.30. The first-order valence-corrected chi connectivity index (χ1v) is 6.52. The predicted molar refractivity (Wildman–Crippen MR) is 70.2 cm³/mol. The van der Waals surface area contributed by atoms with Crippen molar-refractivity contribution in [2.45, 2.75) is 25.7 Å². The van der Waals surface area contributed by atoms with Crippen molar-refractivity contribution in [3.8, 4) is 5.75 Å². The van der Waals surface area contributed by atoms with Crippen molar-refractivity contribution in [3.05, 3.63) is 28.8 Å². The van der Waals surface area contributed by atoms with Crippen molar-refractivity contribution in [2.24, 2.45) is 11.8 Å². The number of benzene rings is 1. The van der Waals surface area contributed by atoms with Crippen LogP contribution < -0.4 is 4.74 Å². The van der Waals surface area contributed by atoms with Crippen LogP contribution in [0.3, 0.4) is 0 Å². The number of carboxylic acids is 1. The lowest BCUT2D eigenvalue weighted by Gasteiger charge is -2.16. The minimum atomic E-state index is -0.729. The molecule has 1 aliphatic carbocycles. The molecule has 1 fully saturated rings. The summed E-state index contributed by atoms with van der Waals surface area (Å²) in [7, 11) is 1.62. The number of carboxylic acid groups (broad SMARTS) is 1. The molecule has 1 atom stereocenters. The molecule has 1 aromatic carbocycles. The summed E-state index contributed by atoms with van der Waals surface area (Å²) in [6.07, 6.45) is 3.22. The zero-order valence-electron chi connectivity index (χ0n) is 10.4. The van der Waals surface area contributed by atoms with Crippen LogP contribution in [0.4, 0.5) is 0 Å². The molecule has 18 heavy (non-hydrogen) atoms. The number of carbonyl (C=O) groups is 1. The summed E-state index contributed by atoms with van der Waals surface area (Å²) >= 11 is 5.99. The summed E-state index contributed by atoms with van der Waals surface area (Å²) in [4.78, 5) is 10.9. The van der Waals surface area contributed by atoms with Crippen molar-refractivity contribution in [1.29, 1.82) is 0 Å². The normalized spacial score (nSPS) is 16.3. The third kappa shape index (κ3) is 3.39. The molecule has 0 aliphatic heterocycles. The second-order valence-electron chi connectivity index (χ2n) is 4.86. The zero-order valence-corrected chi connectivity index (χ0v) is 11.1. The van der Waals surface area contributed by atoms with Gasteiger partial charge in [-0.3, -0.25) is 4.79 Å². The SMILES string of the molecule is COc1ccc(Cl)cc1CC(CC(=O)O)C1CC1. The first-order valence-electron chi connectivity index (χ1n) is 6.14. The molecule has 1 N–H and O–H groups in total. The van der Waals surface area contributed by atoms with Gasteiger partial charge in [0.15, 0.2) is 0 Å². The van der Waals surface area contributed by atoms with E-state index in [1.807, 2.05) is 12.1 Å². The molecule has 2 rings (SSSR count). The largest absolute Gasteiger partial charge is 0.496 e. The van der Waals surface area contributed by atoms with Crippen LogP contribution in [0.15, 0.2) is 18.2 Å². The highest BCUT2D eigenvalue weighted by Gasteiger charge is 2.33. The van der Waals surface area contributed by atoms with E-state index in [4.69, 9.17) is 21.4 Å². The molecule has 0 amide bonds. The fraction of sp³-hybridized carbons (Fsp3) is 0.500. The lowest BCUT2D eigenvalue weighted by Crippen LogP contribution is -2.13. The summed E-state index contributed by atoms with van der Waals surface area (Å²) in [6, 6.07) is 5.49. The third-order valence-electron chi connectivity index (χ3n) is 3.45. The fourth-order valence-corrected chi connectivity index (χ4v) is 2.58. The molecular weight excluding hydrogens is 252 g/mol. The van der Waals surface area contributed by atoms with Gasteiger partial charge in [-0.2, -0.15) is 0 Å². The van der Waals surface area contributed by atoms with Crippen molar-refractivity contribution >= 4 is 17.6 Å². The average Bonchev–Trinajstić information content (AvgIpc) is 3.11. The molecule has 0 aromatic heterocycles. The summed E-state index contributed by atoms with van der Waals surface area (Å²) in [5, 5.41) is 9.63. The van der Waals surface area contributed by atoms with E-state index in [0.717, 1.165) is 30.6 Å². The third-order valence-corrected chi connectivity index (χ3v) is 3.69. The Bertz CT molecular complexity index is 441. The first-order chi connectivity index (χ1) is 8.60. The van der Waals surface area contributed by atoms with Gasteiger partial charge < -0.3 is 9.84 Å². The maximum Gasteiger partial charge on any atom is 0.303 e. The molecule has 1 aliphatic rings. The van der Waals surface area contributed by atoms with E-state index in [1.165, 1.54) is 0 Å². The summed E-state index contributed by atoms with van der Waals surface area (Å²) in [5.74, 6) is 0.794. The summed E-state index contributed by atoms with van der Waals surface area (Å²) in [6.45, 7) is 0. The van der Waals surface area contributed by atoms with Crippen molar-refractivity contribution in [3.63, 3.8) is 0 Å². The highest BCUT2D eigenvalue weighted by Crippen LogP contribution is 2.41. The Kier molecular flexibility index (Phi) is 4.12. The Morgan fingerprint density at radius 2 is 2.28 bits per heavy atom. The second-order valence-corrected chi connectivity index (χ2v) is 5.29. The van der Waals surface area contributed by atoms with Gasteiger partial charge in [-0.15, -0.1) is 0 Å². The van der Waals surface area contributed by atoms with Gasteiger partial charge in [-0.1, -0.05) is 11.6 Å². The molecule has 0 radical (unpaired) electrons. The number of methoxy groups -OCH3 is 1. The summed E-state index contributed by atoms with van der Waals surface area (Å²) in [5.41, 5.74) is 1.00. The smallest absolute Gasteiger partial charge is 0.303 e. The van der Waals surface area contributed by atoms with E-state index in [9.17, 15) is 4.79 Å². The maximum atomic E-state index is 10.9. The van der Waals surface area contributed by atoms with Crippen molar-refractivity contribution < 1.29 is 14.6 Å². The van der Waals surface area contributed by atoms with Gasteiger partial charge >= 0.3 is 5.97 Å². The molecule has 98 valence electrons. The Hall–Kier alpha value is -1.22. The number of halogens is 1. The second kappa shape index (κ2) is 5.61. The molecule has 1 saturated carbocycles. The molecule has 0 spiro atoms. The van der Waals surface area contributed by atoms with E-state index >= 15 is 0 Å². The molecule has 0 heterocycles. The molecule has 1 aromatic rings. The number of rotatable bonds is 6. The number of ether oxygens (including phenoxy) is 1. The van der Waals surface area contributed by atoms with Crippen LogP contribution in [0.2, 0.25) is 5.02 Å². The highest BCUT2D eigenvalue weighted by atomic mass is 35.5. The van der Waals surface area contributed by atoms with Crippen LogP contribution in [0.25, 0.3) is 0 Å². The van der Waals surface area contributed by atoms with E-state index in [1.54, 1.807) is 13.2 Å². The molecule has 0 saturated heterocycles. The van der Waals surface area contributed by atoms with Crippen LogP contribution in [0, 0.1) is 11.8 Å². The highest BCUT2D eigenvalue weighted by molar-refractivity contribution is 6.30. The van der Waals surface area contributed by atoms with Gasteiger partial charge in [0.25, 0.3) is 0 Å². The van der Waals surface area contributed by atoms with Crippen LogP contribution in [0.1, 0.15) is 24.8 Å². The lowest BCUT2D eigenvalue weighted by atomic mass is 9.91. The van der Waals surface area contributed by atoms with Gasteiger partial charge in [-0.05, 0) is 54.9 Å². The first kappa shape index (κ1) is 13.2. The Morgan fingerprint density at radius 1 is 1.56 bits per heavy atom. The van der Waals surface area contributed by atoms with Crippen LogP contribution in [-0.2, 0) is 11.2 Å². The van der Waals surface area contributed by atoms with E-state index in [0.29, 0.717) is 10.9 Å². The lowest BCUT2D eigenvalue weighted by molar-refractivity contribution is -0.138. The molecule has 4 heteroatoms. The van der Waals surface area contributed by atoms with Crippen molar-refractivity contribution in [2.75, 3.05) is 7.11 Å². The Labute approximate surface area is 112 Å². The van der Waals surface area contributed by atoms with Crippen LogP contribution >= 0.6 is 11.6 Å². The van der Waals surface area contributed by atoms with E-state index in [2.05, 4.69) is 0 Å². The molecule has 0 bridgehead atoms. The molecule has 3 nitrogen and oxygen atoms in total. The van der Waals surface area contributed by atoms with Gasteiger partial charge in [0.1, 0.15) is 5.75 Å². The average molecular weight is 269 g/mol. The van der Waals surface area contributed by atoms with E-state index < -0.39 is 5.97 Å². The Morgan fingerprint density at radius 3 is 2.83 bits per heavy atom. The molecular formula is C14H17ClO3. The minimum absolute atomic E-state index is 0.190. The van der Waals surface area contributed by atoms with E-state index in [-0.39, 0.29) is 12.3 Å². The predicted octanol–water partition coefficient (Wildman–Crippen LogP) is 3.39. The number of aliphatic carboxylic acids is 1. The zero-order chi connectivity index (χ0) is 13.1. The van der Waals surface area contributed by atoms with Crippen molar-refractivity contribution in [1.82, 2.24) is 0 Å². The minimum Gasteiger partial charge on any atom is -0.496 e. The van der Waals surface area contributed by atoms with Gasteiger partial charge in [0.2, 0.25) is 0 Å². The fourth-order valence-electron chi connectivity index (χ4n) is 2.39. The van der Waals surface area contributed by atoms with Gasteiger partial charge in [-0.25, -0.2) is 0 Å². The maximum absolute atomic E-state index is 10.9. The van der Waals surface area contributed by atoms with Gasteiger partial charge in [0.05, 0.1) is 7.11 Å². The topological polar surface area (TPSA) is 46.5 Å². The monoisotopic (exact) mass is 268 g/mol. The number of hydrogen-bond donors (Lipinski definition) is 1. The quantitative estimate of drug-likeness (QED) is 0.860.